The van der Waals surface area contributed by atoms with E-state index in [9.17, 15) is 14.9 Å². The number of halogens is 1. The van der Waals surface area contributed by atoms with Crippen molar-refractivity contribution < 1.29 is 24.0 Å². The molecule has 10 heteroatoms. The van der Waals surface area contributed by atoms with Gasteiger partial charge in [0.15, 0.2) is 0 Å². The van der Waals surface area contributed by atoms with Crippen LogP contribution in [0.4, 0.5) is 11.5 Å². The number of unbranched alkanes of at least 4 members (excludes halogenated alkanes) is 1. The van der Waals surface area contributed by atoms with Crippen molar-refractivity contribution in [3.05, 3.63) is 27.4 Å². The summed E-state index contributed by atoms with van der Waals surface area (Å²) in [5.74, 6) is -0.269. The maximum Gasteiger partial charge on any atom is 0.311 e. The Balaban J connectivity index is -0.000000304. The lowest BCUT2D eigenvalue weighted by Gasteiger charge is -1.94. The molecule has 0 amide bonds. The zero-order valence-electron chi connectivity index (χ0n) is 15.2. The van der Waals surface area contributed by atoms with Crippen LogP contribution in [0.5, 0.6) is 0 Å². The number of esters is 1. The van der Waals surface area contributed by atoms with E-state index < -0.39 is 4.92 Å². The van der Waals surface area contributed by atoms with E-state index in [1.54, 1.807) is 0 Å². The van der Waals surface area contributed by atoms with Gasteiger partial charge in [-0.05, 0) is 12.5 Å². The van der Waals surface area contributed by atoms with Crippen molar-refractivity contribution >= 4 is 35.5 Å². The van der Waals surface area contributed by atoms with Crippen molar-refractivity contribution in [2.45, 2.75) is 40.0 Å². The summed E-state index contributed by atoms with van der Waals surface area (Å²) in [6.45, 7) is 6.42. The van der Waals surface area contributed by atoms with Gasteiger partial charge in [-0.3, -0.25) is 19.7 Å². The van der Waals surface area contributed by atoms with Gasteiger partial charge in [0.2, 0.25) is 5.82 Å². The number of hydrogen-bond acceptors (Lipinski definition) is 8. The topological polar surface area (TPSA) is 135 Å². The number of hydrogen-bond donors (Lipinski definition) is 1. The molecule has 0 atom stereocenters. The van der Waals surface area contributed by atoms with Crippen LogP contribution in [0.25, 0.3) is 0 Å². The lowest BCUT2D eigenvalue weighted by atomic mass is 10.3. The molecule has 25 heavy (non-hydrogen) atoms. The minimum atomic E-state index is -0.612. The maximum absolute atomic E-state index is 10.3. The van der Waals surface area contributed by atoms with Gasteiger partial charge in [-0.25, -0.2) is 4.98 Å². The zero-order valence-corrected chi connectivity index (χ0v) is 15.9. The second-order valence-electron chi connectivity index (χ2n) is 3.81. The quantitative estimate of drug-likeness (QED) is 0.270. The lowest BCUT2D eigenvalue weighted by molar-refractivity contribution is -0.384. The van der Waals surface area contributed by atoms with Crippen molar-refractivity contribution in [1.82, 2.24) is 4.98 Å². The van der Waals surface area contributed by atoms with E-state index in [1.165, 1.54) is 26.4 Å². The first-order valence-electron chi connectivity index (χ1n) is 7.43. The SMILES string of the molecule is CC.CCCCC(=O)OC.COC=O.Nc1nc(Cl)ccc1[N+](=O)[O-]. The first kappa shape index (κ1) is 27.4. The van der Waals surface area contributed by atoms with Gasteiger partial charge in [0.25, 0.3) is 6.47 Å². The third-order valence-corrected chi connectivity index (χ3v) is 2.33. The molecule has 1 rings (SSSR count). The summed E-state index contributed by atoms with van der Waals surface area (Å²) in [5.41, 5.74) is 4.96. The summed E-state index contributed by atoms with van der Waals surface area (Å²) in [4.78, 5) is 32.4. The molecule has 0 aliphatic heterocycles. The summed E-state index contributed by atoms with van der Waals surface area (Å²) >= 11 is 5.41. The van der Waals surface area contributed by atoms with Crippen LogP contribution >= 0.6 is 11.6 Å². The standard InChI is InChI=1S/C6H12O2.C5H4ClN3O2.C2H4O2.C2H6/c1-3-4-5-6(7)8-2;6-4-2-1-3(9(10)11)5(7)8-4;1-4-2-3;1-2/h3-5H2,1-2H3;1-2H,(H2,7,8);2H,1H3;1-2H3. The zero-order chi connectivity index (χ0) is 20.3. The van der Waals surface area contributed by atoms with Gasteiger partial charge in [0.1, 0.15) is 5.15 Å². The molecular formula is C15H26ClN3O6. The number of nitrogens with two attached hydrogens (primary N) is 1. The molecule has 0 fully saturated rings. The Bertz CT molecular complexity index is 500. The predicted molar refractivity (Wildman–Crippen MR) is 96.3 cm³/mol. The smallest absolute Gasteiger partial charge is 0.311 e. The first-order valence-corrected chi connectivity index (χ1v) is 7.81. The van der Waals surface area contributed by atoms with E-state index in [2.05, 4.69) is 14.5 Å². The fraction of sp³-hybridized carbons (Fsp3) is 0.533. The second-order valence-corrected chi connectivity index (χ2v) is 4.19. The molecule has 9 nitrogen and oxygen atoms in total. The Morgan fingerprint density at radius 3 is 2.24 bits per heavy atom. The van der Waals surface area contributed by atoms with Crippen molar-refractivity contribution in [2.75, 3.05) is 20.0 Å². The highest BCUT2D eigenvalue weighted by atomic mass is 35.5. The number of rotatable bonds is 5. The van der Waals surface area contributed by atoms with Crippen LogP contribution in [0.3, 0.4) is 0 Å². The Morgan fingerprint density at radius 2 is 1.92 bits per heavy atom. The molecular weight excluding hydrogens is 354 g/mol. The molecule has 0 radical (unpaired) electrons. The number of methoxy groups -OCH3 is 2. The third kappa shape index (κ3) is 17.8. The largest absolute Gasteiger partial charge is 0.471 e. The van der Waals surface area contributed by atoms with Gasteiger partial charge in [0, 0.05) is 12.5 Å². The lowest BCUT2D eigenvalue weighted by Crippen LogP contribution is -1.98. The van der Waals surface area contributed by atoms with Gasteiger partial charge in [-0.1, -0.05) is 38.8 Å². The maximum atomic E-state index is 10.3. The third-order valence-electron chi connectivity index (χ3n) is 2.12. The van der Waals surface area contributed by atoms with Crippen LogP contribution in [0.15, 0.2) is 12.1 Å². The Kier molecular flexibility index (Phi) is 21.5. The van der Waals surface area contributed by atoms with Gasteiger partial charge >= 0.3 is 11.7 Å². The van der Waals surface area contributed by atoms with Crippen LogP contribution in [-0.4, -0.2) is 36.6 Å². The average Bonchev–Trinajstić information content (AvgIpc) is 2.61. The number of nitrogen functional groups attached to an aromatic ring is 1. The molecule has 0 aliphatic rings. The minimum Gasteiger partial charge on any atom is -0.471 e. The summed E-state index contributed by atoms with van der Waals surface area (Å²) < 4.78 is 8.27. The number of ether oxygens (including phenoxy) is 2. The van der Waals surface area contributed by atoms with E-state index in [1.807, 2.05) is 20.8 Å². The molecule has 0 bridgehead atoms. The number of anilines is 1. The summed E-state index contributed by atoms with van der Waals surface area (Å²) in [5, 5.41) is 10.3. The molecule has 0 aliphatic carbocycles. The fourth-order valence-corrected chi connectivity index (χ4v) is 1.17. The van der Waals surface area contributed by atoms with E-state index in [4.69, 9.17) is 22.1 Å². The van der Waals surface area contributed by atoms with Crippen LogP contribution in [-0.2, 0) is 19.1 Å². The van der Waals surface area contributed by atoms with Crippen molar-refractivity contribution in [3.8, 4) is 0 Å². The van der Waals surface area contributed by atoms with E-state index in [0.29, 0.717) is 12.9 Å². The number of nitrogens with zero attached hydrogens (tertiary/aromatic N) is 2. The highest BCUT2D eigenvalue weighted by Gasteiger charge is 2.11. The normalized spacial score (nSPS) is 8.08. The Hall–Kier alpha value is -2.42. The van der Waals surface area contributed by atoms with E-state index >= 15 is 0 Å². The van der Waals surface area contributed by atoms with Crippen molar-refractivity contribution in [1.29, 1.82) is 0 Å². The molecule has 0 unspecified atom stereocenters. The summed E-state index contributed by atoms with van der Waals surface area (Å²) in [6, 6.07) is 2.53. The van der Waals surface area contributed by atoms with Gasteiger partial charge < -0.3 is 15.2 Å². The van der Waals surface area contributed by atoms with Gasteiger partial charge in [0.05, 0.1) is 19.1 Å². The Labute approximate surface area is 152 Å². The molecule has 0 aromatic carbocycles. The predicted octanol–water partition coefficient (Wildman–Crippen LogP) is 3.39. The van der Waals surface area contributed by atoms with Crippen LogP contribution in [0, 0.1) is 10.1 Å². The summed E-state index contributed by atoms with van der Waals surface area (Å²) in [6.07, 6.45) is 2.55. The van der Waals surface area contributed by atoms with E-state index in [0.717, 1.165) is 12.8 Å². The van der Waals surface area contributed by atoms with Crippen LogP contribution in [0.1, 0.15) is 40.0 Å². The minimum absolute atomic E-state index is 0.105. The number of carbonyl (C=O) groups is 2. The molecule has 0 spiro atoms. The van der Waals surface area contributed by atoms with E-state index in [-0.39, 0.29) is 22.6 Å². The van der Waals surface area contributed by atoms with Crippen molar-refractivity contribution in [2.24, 2.45) is 0 Å². The molecule has 1 heterocycles. The number of pyridine rings is 1. The molecule has 0 saturated heterocycles. The van der Waals surface area contributed by atoms with Crippen molar-refractivity contribution in [3.63, 3.8) is 0 Å². The molecule has 1 aromatic heterocycles. The number of carbonyl (C=O) groups excluding carboxylic acids is 2. The van der Waals surface area contributed by atoms with Gasteiger partial charge in [-0.2, -0.15) is 0 Å². The van der Waals surface area contributed by atoms with Crippen LogP contribution in [0.2, 0.25) is 5.15 Å². The molecule has 144 valence electrons. The second kappa shape index (κ2) is 19.6. The first-order chi connectivity index (χ1) is 11.8. The summed E-state index contributed by atoms with van der Waals surface area (Å²) in [7, 11) is 2.73. The number of aromatic nitrogens is 1. The van der Waals surface area contributed by atoms with Gasteiger partial charge in [-0.15, -0.1) is 0 Å². The molecule has 1 aromatic rings. The monoisotopic (exact) mass is 379 g/mol. The Morgan fingerprint density at radius 1 is 1.40 bits per heavy atom. The highest BCUT2D eigenvalue weighted by Crippen LogP contribution is 2.20. The number of nitro groups is 1. The molecule has 2 N–H and O–H groups in total. The highest BCUT2D eigenvalue weighted by molar-refractivity contribution is 6.29. The van der Waals surface area contributed by atoms with Crippen LogP contribution < -0.4 is 5.73 Å². The average molecular weight is 380 g/mol. The fourth-order valence-electron chi connectivity index (χ4n) is 1.02. The molecule has 0 saturated carbocycles.